The fourth-order valence-electron chi connectivity index (χ4n) is 2.75. The van der Waals surface area contributed by atoms with Gasteiger partial charge in [-0.1, -0.05) is 18.9 Å². The Bertz CT molecular complexity index is 631. The Morgan fingerprint density at radius 1 is 1.18 bits per heavy atom. The number of nitrogens with two attached hydrogens (primary N) is 1. The maximum atomic E-state index is 11.9. The number of carboxylic acids is 1. The summed E-state index contributed by atoms with van der Waals surface area (Å²) in [5.41, 5.74) is 5.26. The Morgan fingerprint density at radius 3 is 2.46 bits per heavy atom. The van der Waals surface area contributed by atoms with Crippen LogP contribution in [0.2, 0.25) is 6.32 Å². The molecule has 2 amide bonds. The average Bonchev–Trinajstić information content (AvgIpc) is 2.64. The molecule has 0 heterocycles. The third kappa shape index (κ3) is 9.07. The van der Waals surface area contributed by atoms with Gasteiger partial charge in [0.15, 0.2) is 0 Å². The molecular formula is C18H30BN3O6. The van der Waals surface area contributed by atoms with Gasteiger partial charge >= 0.3 is 19.1 Å². The van der Waals surface area contributed by atoms with Gasteiger partial charge in [-0.15, -0.1) is 0 Å². The van der Waals surface area contributed by atoms with Gasteiger partial charge in [-0.3, -0.25) is 4.79 Å². The number of anilines is 1. The van der Waals surface area contributed by atoms with E-state index < -0.39 is 18.6 Å². The Balaban J connectivity index is 2.29. The number of hydrogen-bond acceptors (Lipinski definition) is 6. The summed E-state index contributed by atoms with van der Waals surface area (Å²) in [5.74, 6) is -0.431. The summed E-state index contributed by atoms with van der Waals surface area (Å²) >= 11 is 0. The highest BCUT2D eigenvalue weighted by atomic mass is 16.5. The first-order valence-electron chi connectivity index (χ1n) is 9.34. The molecule has 7 N–H and O–H groups in total. The quantitative estimate of drug-likeness (QED) is 0.218. The average molecular weight is 395 g/mol. The monoisotopic (exact) mass is 395 g/mol. The molecule has 0 aromatic heterocycles. The van der Waals surface area contributed by atoms with Crippen molar-refractivity contribution in [3.8, 4) is 5.75 Å². The molecule has 0 aliphatic heterocycles. The van der Waals surface area contributed by atoms with Crippen LogP contribution in [0, 0.1) is 0 Å². The van der Waals surface area contributed by atoms with E-state index in [4.69, 9.17) is 20.5 Å². The standard InChI is InChI=1S/C18H30BN3O6/c1-28-15-8-6-7-14(13-15)22-17(25)21-12-5-3-10-18(20,16(23)24)9-2-4-11-19(26)27/h6-8,13,26-27H,2-5,9-12,20H2,1H3,(H,23,24)(H2,21,22,25). The van der Waals surface area contributed by atoms with Gasteiger partial charge in [0.25, 0.3) is 0 Å². The SMILES string of the molecule is COc1cccc(NC(=O)NCCCCC(N)(CCCCB(O)O)C(=O)O)c1. The third-order valence-electron chi connectivity index (χ3n) is 4.42. The predicted octanol–water partition coefficient (Wildman–Crippen LogP) is 1.41. The molecule has 0 radical (unpaired) electrons. The molecule has 156 valence electrons. The number of benzene rings is 1. The van der Waals surface area contributed by atoms with Gasteiger partial charge in [0.2, 0.25) is 0 Å². The van der Waals surface area contributed by atoms with Crippen LogP contribution in [-0.2, 0) is 4.79 Å². The van der Waals surface area contributed by atoms with Gasteiger partial charge in [-0.05, 0) is 44.1 Å². The normalized spacial score (nSPS) is 12.7. The van der Waals surface area contributed by atoms with Crippen molar-refractivity contribution in [1.82, 2.24) is 5.32 Å². The van der Waals surface area contributed by atoms with Crippen LogP contribution in [0.15, 0.2) is 24.3 Å². The van der Waals surface area contributed by atoms with Gasteiger partial charge in [0, 0.05) is 18.3 Å². The Labute approximate surface area is 165 Å². The smallest absolute Gasteiger partial charge is 0.451 e. The number of carbonyl (C=O) groups excluding carboxylic acids is 1. The molecule has 1 rings (SSSR count). The van der Waals surface area contributed by atoms with Crippen molar-refractivity contribution in [3.63, 3.8) is 0 Å². The minimum absolute atomic E-state index is 0.196. The molecule has 0 fully saturated rings. The Hall–Kier alpha value is -2.30. The summed E-state index contributed by atoms with van der Waals surface area (Å²) < 4.78 is 5.09. The lowest BCUT2D eigenvalue weighted by Crippen LogP contribution is -2.48. The van der Waals surface area contributed by atoms with E-state index in [0.717, 1.165) is 0 Å². The van der Waals surface area contributed by atoms with E-state index in [0.29, 0.717) is 43.7 Å². The molecule has 0 bridgehead atoms. The number of aliphatic carboxylic acids is 1. The van der Waals surface area contributed by atoms with E-state index in [-0.39, 0.29) is 25.2 Å². The van der Waals surface area contributed by atoms with Gasteiger partial charge < -0.3 is 36.3 Å². The number of carboxylic acid groups (broad SMARTS) is 1. The van der Waals surface area contributed by atoms with Crippen LogP contribution in [0.4, 0.5) is 10.5 Å². The van der Waals surface area contributed by atoms with E-state index in [1.54, 1.807) is 31.4 Å². The van der Waals surface area contributed by atoms with Crippen molar-refractivity contribution in [2.24, 2.45) is 5.73 Å². The number of nitrogens with one attached hydrogen (secondary N) is 2. The summed E-state index contributed by atoms with van der Waals surface area (Å²) in [6, 6.07) is 6.63. The maximum absolute atomic E-state index is 11.9. The summed E-state index contributed by atoms with van der Waals surface area (Å²) in [6.45, 7) is 0.391. The van der Waals surface area contributed by atoms with Gasteiger partial charge in [0.05, 0.1) is 7.11 Å². The van der Waals surface area contributed by atoms with Crippen LogP contribution >= 0.6 is 0 Å². The second kappa shape index (κ2) is 12.2. The van der Waals surface area contributed by atoms with Crippen molar-refractivity contribution in [2.75, 3.05) is 19.0 Å². The molecule has 9 nitrogen and oxygen atoms in total. The highest BCUT2D eigenvalue weighted by molar-refractivity contribution is 6.40. The first kappa shape index (κ1) is 23.7. The molecule has 0 aliphatic rings. The number of amides is 2. The van der Waals surface area contributed by atoms with Crippen molar-refractivity contribution >= 4 is 24.8 Å². The summed E-state index contributed by atoms with van der Waals surface area (Å²) in [6.07, 6.45) is 2.87. The second-order valence-electron chi connectivity index (χ2n) is 6.76. The van der Waals surface area contributed by atoms with E-state index in [1.165, 1.54) is 0 Å². The first-order chi connectivity index (χ1) is 13.3. The summed E-state index contributed by atoms with van der Waals surface area (Å²) in [7, 11) is 0.162. The van der Waals surface area contributed by atoms with Crippen LogP contribution in [0.1, 0.15) is 38.5 Å². The van der Waals surface area contributed by atoms with E-state index in [9.17, 15) is 14.7 Å². The minimum Gasteiger partial charge on any atom is -0.497 e. The van der Waals surface area contributed by atoms with Crippen LogP contribution in [0.3, 0.4) is 0 Å². The number of ether oxygens (including phenoxy) is 1. The zero-order valence-electron chi connectivity index (χ0n) is 16.2. The Morgan fingerprint density at radius 2 is 1.86 bits per heavy atom. The molecule has 0 aliphatic carbocycles. The molecule has 1 aromatic rings. The lowest BCUT2D eigenvalue weighted by Gasteiger charge is -2.24. The second-order valence-corrected chi connectivity index (χ2v) is 6.76. The molecular weight excluding hydrogens is 365 g/mol. The number of hydrogen-bond donors (Lipinski definition) is 6. The zero-order chi connectivity index (χ0) is 21.0. The van der Waals surface area contributed by atoms with Crippen molar-refractivity contribution < 1.29 is 29.5 Å². The topological polar surface area (TPSA) is 154 Å². The summed E-state index contributed by atoms with van der Waals surface area (Å²) in [4.78, 5) is 23.4. The third-order valence-corrected chi connectivity index (χ3v) is 4.42. The highest BCUT2D eigenvalue weighted by Gasteiger charge is 2.32. The lowest BCUT2D eigenvalue weighted by atomic mass is 9.81. The van der Waals surface area contributed by atoms with Gasteiger partial charge in [0.1, 0.15) is 11.3 Å². The lowest BCUT2D eigenvalue weighted by molar-refractivity contribution is -0.144. The molecule has 28 heavy (non-hydrogen) atoms. The molecule has 0 saturated heterocycles. The van der Waals surface area contributed by atoms with Crippen LogP contribution < -0.4 is 21.1 Å². The van der Waals surface area contributed by atoms with Gasteiger partial charge in [-0.25, -0.2) is 4.79 Å². The molecule has 0 saturated carbocycles. The number of urea groups is 1. The maximum Gasteiger partial charge on any atom is 0.451 e. The predicted molar refractivity (Wildman–Crippen MR) is 107 cm³/mol. The van der Waals surface area contributed by atoms with Crippen molar-refractivity contribution in [3.05, 3.63) is 24.3 Å². The van der Waals surface area contributed by atoms with E-state index >= 15 is 0 Å². The van der Waals surface area contributed by atoms with Crippen LogP contribution in [0.25, 0.3) is 0 Å². The van der Waals surface area contributed by atoms with E-state index in [2.05, 4.69) is 10.6 Å². The fraction of sp³-hybridized carbons (Fsp3) is 0.556. The van der Waals surface area contributed by atoms with E-state index in [1.807, 2.05) is 0 Å². The van der Waals surface area contributed by atoms with Crippen molar-refractivity contribution in [2.45, 2.75) is 50.4 Å². The van der Waals surface area contributed by atoms with Crippen LogP contribution in [-0.4, -0.2) is 53.5 Å². The summed E-state index contributed by atoms with van der Waals surface area (Å²) in [5, 5.41) is 32.4. The highest BCUT2D eigenvalue weighted by Crippen LogP contribution is 2.20. The molecule has 1 aromatic carbocycles. The Kier molecular flexibility index (Phi) is 10.4. The zero-order valence-corrected chi connectivity index (χ0v) is 16.2. The largest absolute Gasteiger partial charge is 0.497 e. The number of unbranched alkanes of at least 4 members (excludes halogenated alkanes) is 2. The molecule has 0 spiro atoms. The molecule has 1 unspecified atom stereocenters. The number of rotatable bonds is 13. The number of carbonyl (C=O) groups is 2. The number of methoxy groups -OCH3 is 1. The first-order valence-corrected chi connectivity index (χ1v) is 9.34. The molecule has 10 heteroatoms. The van der Waals surface area contributed by atoms with Crippen molar-refractivity contribution in [1.29, 1.82) is 0 Å². The minimum atomic E-state index is -1.38. The molecule has 1 atom stereocenters. The van der Waals surface area contributed by atoms with Gasteiger partial charge in [-0.2, -0.15) is 0 Å². The van der Waals surface area contributed by atoms with Crippen LogP contribution in [0.5, 0.6) is 5.75 Å². The fourth-order valence-corrected chi connectivity index (χ4v) is 2.75.